The summed E-state index contributed by atoms with van der Waals surface area (Å²) >= 11 is 0. The number of carbonyl (C=O) groups excluding carboxylic acids is 2. The lowest BCUT2D eigenvalue weighted by atomic mass is 10.0. The molecule has 0 aliphatic carbocycles. The third-order valence-electron chi connectivity index (χ3n) is 15.9. The Morgan fingerprint density at radius 3 is 1.00 bits per heavy atom. The summed E-state index contributed by atoms with van der Waals surface area (Å²) in [6.07, 6.45) is 83.8. The summed E-state index contributed by atoms with van der Waals surface area (Å²) in [6, 6.07) is -0.624. The number of nitrogens with one attached hydrogen (secondary N) is 1. The van der Waals surface area contributed by atoms with Crippen molar-refractivity contribution in [1.82, 2.24) is 5.32 Å². The summed E-state index contributed by atoms with van der Waals surface area (Å²) in [5.74, 6) is -0.0498. The van der Waals surface area contributed by atoms with Gasteiger partial charge in [-0.1, -0.05) is 333 Å². The van der Waals surface area contributed by atoms with E-state index >= 15 is 0 Å². The molecule has 0 aromatic heterocycles. The molecule has 0 heterocycles. The second-order valence-electron chi connectivity index (χ2n) is 23.5. The summed E-state index contributed by atoms with van der Waals surface area (Å²) in [5.41, 5.74) is 0. The zero-order valence-corrected chi connectivity index (χ0v) is 51.3. The Morgan fingerprint density at radius 1 is 0.368 bits per heavy atom. The van der Waals surface area contributed by atoms with Gasteiger partial charge in [-0.2, -0.15) is 0 Å². The number of ether oxygens (including phenoxy) is 1. The van der Waals surface area contributed by atoms with Gasteiger partial charge in [-0.05, 0) is 64.2 Å². The Labute approximate surface area is 474 Å². The molecule has 0 bridgehead atoms. The van der Waals surface area contributed by atoms with Gasteiger partial charge in [-0.15, -0.1) is 0 Å². The molecule has 0 saturated carbocycles. The molecule has 6 heteroatoms. The maximum Gasteiger partial charge on any atom is 0.305 e. The monoisotopic (exact) mass is 1070 g/mol. The minimum absolute atomic E-state index is 0.0181. The number of aliphatic hydroxyl groups is 2. The van der Waals surface area contributed by atoms with Gasteiger partial charge in [-0.25, -0.2) is 0 Å². The first kappa shape index (κ1) is 74.1. The van der Waals surface area contributed by atoms with Crippen LogP contribution in [0.1, 0.15) is 373 Å². The number of amides is 1. The Bertz CT molecular complexity index is 1230. The number of aliphatic hydroxyl groups excluding tert-OH is 2. The highest BCUT2D eigenvalue weighted by Gasteiger charge is 2.18. The van der Waals surface area contributed by atoms with Crippen molar-refractivity contribution in [3.05, 3.63) is 36.5 Å². The van der Waals surface area contributed by atoms with Crippen LogP contribution in [0.25, 0.3) is 0 Å². The summed E-state index contributed by atoms with van der Waals surface area (Å²) in [4.78, 5) is 24.5. The molecule has 0 saturated heterocycles. The van der Waals surface area contributed by atoms with Crippen molar-refractivity contribution in [3.63, 3.8) is 0 Å². The number of hydrogen-bond acceptors (Lipinski definition) is 5. The van der Waals surface area contributed by atoms with Gasteiger partial charge >= 0.3 is 5.97 Å². The van der Waals surface area contributed by atoms with Gasteiger partial charge in [0.15, 0.2) is 0 Å². The second kappa shape index (κ2) is 65.6. The average molecular weight is 1070 g/mol. The molecule has 6 nitrogen and oxygen atoms in total. The first-order valence-electron chi connectivity index (χ1n) is 34.3. The van der Waals surface area contributed by atoms with Gasteiger partial charge in [0.2, 0.25) is 5.91 Å². The predicted octanol–water partition coefficient (Wildman–Crippen LogP) is 21.9. The summed E-state index contributed by atoms with van der Waals surface area (Å²) in [7, 11) is 0. The predicted molar refractivity (Wildman–Crippen MR) is 333 cm³/mol. The van der Waals surface area contributed by atoms with Crippen LogP contribution in [0.15, 0.2) is 36.5 Å². The molecule has 0 fully saturated rings. The van der Waals surface area contributed by atoms with Gasteiger partial charge in [-0.3, -0.25) is 9.59 Å². The Kier molecular flexibility index (Phi) is 63.9. The lowest BCUT2D eigenvalue weighted by molar-refractivity contribution is -0.143. The summed E-state index contributed by atoms with van der Waals surface area (Å²) in [6.45, 7) is 4.90. The van der Waals surface area contributed by atoms with Crippen LogP contribution in [0.4, 0.5) is 0 Å². The van der Waals surface area contributed by atoms with E-state index < -0.39 is 12.1 Å². The van der Waals surface area contributed by atoms with E-state index in [1.165, 1.54) is 302 Å². The van der Waals surface area contributed by atoms with Gasteiger partial charge in [0.25, 0.3) is 0 Å². The molecular formula is C70H133NO5. The van der Waals surface area contributed by atoms with Crippen LogP contribution in [-0.4, -0.2) is 47.4 Å². The smallest absolute Gasteiger partial charge is 0.305 e. The van der Waals surface area contributed by atoms with E-state index in [0.29, 0.717) is 19.4 Å². The fourth-order valence-electron chi connectivity index (χ4n) is 10.7. The van der Waals surface area contributed by atoms with Crippen LogP contribution in [0.5, 0.6) is 0 Å². The standard InChI is InChI=1S/C70H133NO5/c1-3-5-7-9-11-13-14-15-16-34-38-41-44-48-52-56-60-64-70(75)76-65-61-57-53-49-45-42-39-36-33-31-29-27-25-23-21-19-17-18-20-22-24-26-28-30-32-35-37-40-43-47-51-55-59-63-69(74)71-67(66-72)68(73)62-58-54-50-46-12-10-8-6-4-2/h21,23,27,29,58,62,67-68,72-73H,3-20,22,24-26,28,30-57,59-61,63-66H2,1-2H3,(H,71,74)/b23-21-,29-27-,62-58+. The maximum absolute atomic E-state index is 12.4. The zero-order chi connectivity index (χ0) is 55.0. The van der Waals surface area contributed by atoms with Crippen molar-refractivity contribution in [3.8, 4) is 0 Å². The lowest BCUT2D eigenvalue weighted by Crippen LogP contribution is -2.45. The molecule has 3 N–H and O–H groups in total. The molecule has 0 spiro atoms. The van der Waals surface area contributed by atoms with E-state index in [9.17, 15) is 19.8 Å². The number of rotatable bonds is 64. The van der Waals surface area contributed by atoms with Gasteiger partial charge < -0.3 is 20.3 Å². The van der Waals surface area contributed by atoms with Crippen LogP contribution < -0.4 is 5.32 Å². The molecule has 0 aromatic carbocycles. The number of hydrogen-bond donors (Lipinski definition) is 3. The SMILES string of the molecule is CCCCCCCCC/C=C/C(O)C(CO)NC(=O)CCCCCCCCCCCCCCCCCCC/C=C\C/C=C\CCCCCCCCCCCOC(=O)CCCCCCCCCCCCCCCCCCC. The van der Waals surface area contributed by atoms with Crippen LogP contribution in [0, 0.1) is 0 Å². The van der Waals surface area contributed by atoms with Crippen LogP contribution in [0.3, 0.4) is 0 Å². The molecule has 2 atom stereocenters. The Hall–Kier alpha value is -1.92. The van der Waals surface area contributed by atoms with E-state index in [-0.39, 0.29) is 18.5 Å². The van der Waals surface area contributed by atoms with Crippen molar-refractivity contribution >= 4 is 11.9 Å². The third-order valence-corrected chi connectivity index (χ3v) is 15.9. The minimum Gasteiger partial charge on any atom is -0.466 e. The molecule has 76 heavy (non-hydrogen) atoms. The summed E-state index contributed by atoms with van der Waals surface area (Å²) in [5, 5.41) is 23.0. The van der Waals surface area contributed by atoms with E-state index in [0.717, 1.165) is 44.9 Å². The summed E-state index contributed by atoms with van der Waals surface area (Å²) < 4.78 is 5.50. The highest BCUT2D eigenvalue weighted by Crippen LogP contribution is 2.18. The largest absolute Gasteiger partial charge is 0.466 e. The molecule has 0 rings (SSSR count). The van der Waals surface area contributed by atoms with Crippen LogP contribution in [0.2, 0.25) is 0 Å². The molecule has 2 unspecified atom stereocenters. The first-order chi connectivity index (χ1) is 37.5. The molecule has 0 aliphatic heterocycles. The fourth-order valence-corrected chi connectivity index (χ4v) is 10.7. The minimum atomic E-state index is -0.841. The molecule has 0 aliphatic rings. The second-order valence-corrected chi connectivity index (χ2v) is 23.5. The molecule has 0 aromatic rings. The number of allylic oxidation sites excluding steroid dienone is 5. The van der Waals surface area contributed by atoms with E-state index in [4.69, 9.17) is 4.74 Å². The van der Waals surface area contributed by atoms with Crippen molar-refractivity contribution in [2.24, 2.45) is 0 Å². The quantitative estimate of drug-likeness (QED) is 0.0320. The van der Waals surface area contributed by atoms with Crippen molar-refractivity contribution in [2.45, 2.75) is 386 Å². The molecule has 448 valence electrons. The molecule has 1 amide bonds. The maximum atomic E-state index is 12.4. The van der Waals surface area contributed by atoms with Gasteiger partial charge in [0.05, 0.1) is 25.4 Å². The molecule has 0 radical (unpaired) electrons. The van der Waals surface area contributed by atoms with E-state index in [1.807, 2.05) is 6.08 Å². The average Bonchev–Trinajstić information content (AvgIpc) is 3.42. The van der Waals surface area contributed by atoms with Crippen molar-refractivity contribution in [1.29, 1.82) is 0 Å². The third kappa shape index (κ3) is 61.3. The Balaban J connectivity index is 3.35. The van der Waals surface area contributed by atoms with Crippen molar-refractivity contribution < 1.29 is 24.5 Å². The molecular weight excluding hydrogens is 935 g/mol. The topological polar surface area (TPSA) is 95.9 Å². The Morgan fingerprint density at radius 2 is 0.658 bits per heavy atom. The van der Waals surface area contributed by atoms with E-state index in [1.54, 1.807) is 6.08 Å². The van der Waals surface area contributed by atoms with Crippen molar-refractivity contribution in [2.75, 3.05) is 13.2 Å². The number of unbranched alkanes of at least 4 members (excludes halogenated alkanes) is 49. The highest BCUT2D eigenvalue weighted by molar-refractivity contribution is 5.76. The zero-order valence-electron chi connectivity index (χ0n) is 51.3. The van der Waals surface area contributed by atoms with Crippen LogP contribution >= 0.6 is 0 Å². The normalized spacial score (nSPS) is 12.7. The van der Waals surface area contributed by atoms with E-state index in [2.05, 4.69) is 43.5 Å². The first-order valence-corrected chi connectivity index (χ1v) is 34.3. The highest BCUT2D eigenvalue weighted by atomic mass is 16.5. The van der Waals surface area contributed by atoms with Gasteiger partial charge in [0, 0.05) is 12.8 Å². The number of carbonyl (C=O) groups is 2. The lowest BCUT2D eigenvalue weighted by Gasteiger charge is -2.20. The number of esters is 1. The fraction of sp³-hybridized carbons (Fsp3) is 0.886. The van der Waals surface area contributed by atoms with Gasteiger partial charge in [0.1, 0.15) is 0 Å². The van der Waals surface area contributed by atoms with Crippen LogP contribution in [-0.2, 0) is 14.3 Å².